The molecule has 2 aromatic carbocycles. The van der Waals surface area contributed by atoms with Crippen molar-refractivity contribution in [1.29, 1.82) is 5.26 Å². The molecule has 3 atom stereocenters. The van der Waals surface area contributed by atoms with Crippen molar-refractivity contribution in [3.05, 3.63) is 47.5 Å². The molecular formula is C34H36F3N7O3. The summed E-state index contributed by atoms with van der Waals surface area (Å²) in [6, 6.07) is 6.47. The molecule has 1 aromatic heterocycles. The Morgan fingerprint density at radius 2 is 2.00 bits per heavy atom. The lowest BCUT2D eigenvalue weighted by Gasteiger charge is -2.41. The van der Waals surface area contributed by atoms with Crippen molar-refractivity contribution in [3.63, 3.8) is 0 Å². The number of hydrogen-bond acceptors (Lipinski definition) is 9. The molecule has 3 fully saturated rings. The van der Waals surface area contributed by atoms with E-state index in [-0.39, 0.29) is 56.4 Å². The average molecular weight is 648 g/mol. The van der Waals surface area contributed by atoms with E-state index in [0.29, 0.717) is 65.3 Å². The number of nitrogens with two attached hydrogens (primary N) is 1. The number of benzene rings is 2. The molecular weight excluding hydrogens is 611 g/mol. The topological polar surface area (TPSA) is 121 Å². The second kappa shape index (κ2) is 12.2. The molecule has 0 spiro atoms. The first-order chi connectivity index (χ1) is 22.6. The number of carbonyl (C=O) groups excluding carboxylic acids is 1. The number of alkyl halides is 1. The minimum Gasteiger partial charge on any atom is -0.492 e. The van der Waals surface area contributed by atoms with Gasteiger partial charge in [-0.15, -0.1) is 0 Å². The van der Waals surface area contributed by atoms with E-state index in [0.717, 1.165) is 24.0 Å². The number of halogens is 3. The number of hydrogen-bond donors (Lipinski definition) is 1. The lowest BCUT2D eigenvalue weighted by atomic mass is 9.90. The van der Waals surface area contributed by atoms with Crippen LogP contribution in [0.1, 0.15) is 42.7 Å². The smallest absolute Gasteiger partial charge is 0.319 e. The van der Waals surface area contributed by atoms with Crippen molar-refractivity contribution in [2.45, 2.75) is 56.3 Å². The largest absolute Gasteiger partial charge is 0.492 e. The van der Waals surface area contributed by atoms with Gasteiger partial charge in [0.05, 0.1) is 36.0 Å². The zero-order valence-corrected chi connectivity index (χ0v) is 26.1. The van der Waals surface area contributed by atoms with E-state index in [4.69, 9.17) is 25.2 Å². The van der Waals surface area contributed by atoms with E-state index in [1.807, 2.05) is 22.9 Å². The normalized spacial score (nSPS) is 22.7. The summed E-state index contributed by atoms with van der Waals surface area (Å²) < 4.78 is 55.8. The summed E-state index contributed by atoms with van der Waals surface area (Å²) in [5.41, 5.74) is 10.0. The van der Waals surface area contributed by atoms with Crippen LogP contribution in [-0.4, -0.2) is 90.4 Å². The Kier molecular flexibility index (Phi) is 8.08. The molecule has 0 bridgehead atoms. The van der Waals surface area contributed by atoms with Gasteiger partial charge in [-0.05, 0) is 67.1 Å². The van der Waals surface area contributed by atoms with E-state index in [9.17, 15) is 18.8 Å². The summed E-state index contributed by atoms with van der Waals surface area (Å²) in [6.45, 7) is 4.65. The molecule has 13 heteroatoms. The lowest BCUT2D eigenvalue weighted by Crippen LogP contribution is -2.55. The third-order valence-corrected chi connectivity index (χ3v) is 9.67. The third-order valence-electron chi connectivity index (χ3n) is 9.67. The number of likely N-dealkylation sites (tertiary alicyclic amines) is 1. The first-order valence-corrected chi connectivity index (χ1v) is 16.0. The summed E-state index contributed by atoms with van der Waals surface area (Å²) in [6.07, 6.45) is 1.74. The predicted molar refractivity (Wildman–Crippen MR) is 170 cm³/mol. The number of carbonyl (C=O) groups is 1. The second-order valence-corrected chi connectivity index (χ2v) is 12.9. The molecule has 0 unspecified atom stereocenters. The number of ether oxygens (including phenoxy) is 2. The molecule has 4 heterocycles. The van der Waals surface area contributed by atoms with E-state index in [1.165, 1.54) is 11.0 Å². The van der Waals surface area contributed by atoms with Crippen molar-refractivity contribution in [1.82, 2.24) is 19.8 Å². The Morgan fingerprint density at radius 1 is 1.19 bits per heavy atom. The molecule has 7 rings (SSSR count). The maximum atomic E-state index is 15.4. The Hall–Kier alpha value is -4.57. The van der Waals surface area contributed by atoms with E-state index in [2.05, 4.69) is 12.6 Å². The summed E-state index contributed by atoms with van der Waals surface area (Å²) in [4.78, 5) is 27.4. The quantitative estimate of drug-likeness (QED) is 0.275. The number of nitriles is 1. The van der Waals surface area contributed by atoms with Crippen LogP contribution in [0.3, 0.4) is 0 Å². The first kappa shape index (κ1) is 31.1. The fourth-order valence-corrected chi connectivity index (χ4v) is 7.24. The van der Waals surface area contributed by atoms with Gasteiger partial charge >= 0.3 is 6.01 Å². The maximum absolute atomic E-state index is 15.4. The zero-order chi connectivity index (χ0) is 33.0. The summed E-state index contributed by atoms with van der Waals surface area (Å²) in [5.74, 6) is -1.10. The summed E-state index contributed by atoms with van der Waals surface area (Å²) in [7, 11) is 1.84. The number of amides is 1. The van der Waals surface area contributed by atoms with Crippen LogP contribution in [0.4, 0.5) is 24.7 Å². The van der Waals surface area contributed by atoms with Gasteiger partial charge in [0.1, 0.15) is 30.2 Å². The lowest BCUT2D eigenvalue weighted by molar-refractivity contribution is -0.131. The van der Waals surface area contributed by atoms with Gasteiger partial charge < -0.3 is 25.0 Å². The van der Waals surface area contributed by atoms with E-state index < -0.39 is 23.9 Å². The van der Waals surface area contributed by atoms with Gasteiger partial charge in [0.15, 0.2) is 5.83 Å². The Labute approximate surface area is 270 Å². The van der Waals surface area contributed by atoms with Crippen LogP contribution < -0.4 is 20.1 Å². The number of anilines is 2. The van der Waals surface area contributed by atoms with Gasteiger partial charge in [-0.2, -0.15) is 15.2 Å². The monoisotopic (exact) mass is 647 g/mol. The molecule has 47 heavy (non-hydrogen) atoms. The van der Waals surface area contributed by atoms with Gasteiger partial charge in [0, 0.05) is 49.9 Å². The third kappa shape index (κ3) is 5.79. The number of rotatable bonds is 8. The highest BCUT2D eigenvalue weighted by molar-refractivity contribution is 6.01. The Morgan fingerprint density at radius 3 is 2.70 bits per heavy atom. The number of piperazine rings is 1. The highest BCUT2D eigenvalue weighted by Crippen LogP contribution is 2.50. The molecule has 1 amide bonds. The number of nitrogens with zero attached hydrogens (tertiary/aromatic N) is 6. The van der Waals surface area contributed by atoms with Crippen molar-refractivity contribution in [2.24, 2.45) is 0 Å². The van der Waals surface area contributed by atoms with Crippen LogP contribution in [0.2, 0.25) is 0 Å². The second-order valence-electron chi connectivity index (χ2n) is 12.9. The Bertz CT molecular complexity index is 1810. The highest BCUT2D eigenvalue weighted by atomic mass is 19.1. The van der Waals surface area contributed by atoms with Crippen LogP contribution >= 0.6 is 0 Å². The Balaban J connectivity index is 1.36. The van der Waals surface area contributed by atoms with Crippen molar-refractivity contribution in [3.8, 4) is 29.0 Å². The van der Waals surface area contributed by atoms with Crippen molar-refractivity contribution in [2.75, 3.05) is 57.1 Å². The van der Waals surface area contributed by atoms with Crippen LogP contribution in [0.15, 0.2) is 30.6 Å². The van der Waals surface area contributed by atoms with Gasteiger partial charge in [0.25, 0.3) is 5.91 Å². The van der Waals surface area contributed by atoms with Gasteiger partial charge in [-0.25, -0.2) is 13.2 Å². The van der Waals surface area contributed by atoms with Crippen LogP contribution in [-0.2, 0) is 11.2 Å². The fraction of sp³-hybridized carbons (Fsp3) is 0.471. The molecule has 3 aliphatic heterocycles. The molecule has 2 saturated heterocycles. The van der Waals surface area contributed by atoms with Gasteiger partial charge in [-0.1, -0.05) is 6.58 Å². The van der Waals surface area contributed by atoms with Crippen molar-refractivity contribution < 1.29 is 27.4 Å². The number of likely N-dealkylation sites (N-methyl/N-ethyl adjacent to an activating group) is 1. The molecule has 0 radical (unpaired) electrons. The van der Waals surface area contributed by atoms with Gasteiger partial charge in [0.2, 0.25) is 0 Å². The fourth-order valence-electron chi connectivity index (χ4n) is 7.24. The minimum atomic E-state index is -1.08. The highest BCUT2D eigenvalue weighted by Gasteiger charge is 2.37. The average Bonchev–Trinajstić information content (AvgIpc) is 3.64. The minimum absolute atomic E-state index is 0.0238. The van der Waals surface area contributed by atoms with Crippen LogP contribution in [0.25, 0.3) is 22.0 Å². The summed E-state index contributed by atoms with van der Waals surface area (Å²) >= 11 is 0. The zero-order valence-electron chi connectivity index (χ0n) is 26.1. The van der Waals surface area contributed by atoms with E-state index >= 15 is 4.39 Å². The summed E-state index contributed by atoms with van der Waals surface area (Å²) in [5, 5.41) is 10.2. The standard InChI is InChI=1S/C34H36F3N7O3/c1-18(35)33(45)44-9-8-43(16-22(44)5-7-38)32-30-28(40-34(41-32)47-17-23-11-20(36)15-42(23)2)14-25(24-6-10-46-31(24)30)26-12-21(39)13-27(37)29(26)19-3-4-19/h12-14,19-20,22-23H,1,3-6,8-11,15-17,39H2,2H3/t20-,22+,23+/m1/s1. The molecule has 4 aliphatic rings. The van der Waals surface area contributed by atoms with Crippen LogP contribution in [0, 0.1) is 17.1 Å². The molecule has 246 valence electrons. The SMILES string of the molecule is C=C(F)C(=O)N1CCN(c2nc(OC[C@@H]3C[C@@H](F)CN3C)nc3cc(-c4cc(N)cc(F)c4C4CC4)c4c(c23)OCC4)C[C@@H]1CC#N. The molecule has 3 aromatic rings. The van der Waals surface area contributed by atoms with Crippen molar-refractivity contribution >= 4 is 28.3 Å². The number of nitrogen functional groups attached to an aromatic ring is 1. The first-order valence-electron chi connectivity index (χ1n) is 16.0. The predicted octanol–water partition coefficient (Wildman–Crippen LogP) is 4.67. The molecule has 1 aliphatic carbocycles. The molecule has 1 saturated carbocycles. The number of fused-ring (bicyclic) bond motifs is 3. The van der Waals surface area contributed by atoms with E-state index in [1.54, 1.807) is 6.07 Å². The van der Waals surface area contributed by atoms with Gasteiger partial charge in [-0.3, -0.25) is 9.69 Å². The molecule has 2 N–H and O–H groups in total. The van der Waals surface area contributed by atoms with Crippen LogP contribution in [0.5, 0.6) is 11.8 Å². The maximum Gasteiger partial charge on any atom is 0.319 e. The number of aromatic nitrogens is 2. The molecule has 10 nitrogen and oxygen atoms in total.